The molecule has 0 spiro atoms. The fourth-order valence-electron chi connectivity index (χ4n) is 3.09. The van der Waals surface area contributed by atoms with Gasteiger partial charge in [-0.3, -0.25) is 9.48 Å². The number of benzene rings is 1. The number of pyridine rings is 1. The first-order valence-electron chi connectivity index (χ1n) is 7.63. The number of fused-ring (bicyclic) bond motifs is 1. The van der Waals surface area contributed by atoms with Crippen LogP contribution in [0.1, 0.15) is 17.9 Å². The quantitative estimate of drug-likeness (QED) is 0.698. The molecule has 1 aliphatic carbocycles. The van der Waals surface area contributed by atoms with E-state index in [0.717, 1.165) is 28.6 Å². The van der Waals surface area contributed by atoms with Gasteiger partial charge in [-0.05, 0) is 29.5 Å². The first kappa shape index (κ1) is 13.9. The number of carbonyl (C=O) groups excluding carboxylic acids is 1. The molecule has 0 N–H and O–H groups in total. The molecule has 116 valence electrons. The molecular formula is C18H17N3O2. The number of esters is 1. The number of carbonyl (C=O) groups is 1. The van der Waals surface area contributed by atoms with Crippen molar-refractivity contribution in [1.82, 2.24) is 14.8 Å². The molecule has 2 atom stereocenters. The molecule has 5 heteroatoms. The Kier molecular flexibility index (Phi) is 3.15. The van der Waals surface area contributed by atoms with Crippen LogP contribution in [0.3, 0.4) is 0 Å². The lowest BCUT2D eigenvalue weighted by atomic mass is 10.0. The zero-order chi connectivity index (χ0) is 16.0. The van der Waals surface area contributed by atoms with E-state index >= 15 is 0 Å². The van der Waals surface area contributed by atoms with Crippen LogP contribution in [-0.4, -0.2) is 27.8 Å². The lowest BCUT2D eigenvalue weighted by molar-refractivity contribution is -0.142. The van der Waals surface area contributed by atoms with Crippen LogP contribution in [0.4, 0.5) is 0 Å². The molecule has 2 aromatic heterocycles. The molecule has 1 fully saturated rings. The van der Waals surface area contributed by atoms with Crippen molar-refractivity contribution < 1.29 is 9.53 Å². The number of aryl methyl sites for hydroxylation is 1. The van der Waals surface area contributed by atoms with Crippen molar-refractivity contribution in [3.63, 3.8) is 0 Å². The fourth-order valence-corrected chi connectivity index (χ4v) is 3.09. The molecule has 2 heterocycles. The standard InChI is InChI=1S/C18H17N3O2/c1-21-10-14-7-13(9-19-17(14)20-21)11-3-5-12(6-4-11)15-8-16(15)18(22)23-2/h3-7,9-10,15-16H,8H2,1-2H3/t15-,16+/m1/s1. The van der Waals surface area contributed by atoms with Gasteiger partial charge >= 0.3 is 5.97 Å². The van der Waals surface area contributed by atoms with E-state index in [-0.39, 0.29) is 11.9 Å². The summed E-state index contributed by atoms with van der Waals surface area (Å²) >= 11 is 0. The predicted molar refractivity (Wildman–Crippen MR) is 86.8 cm³/mol. The maximum Gasteiger partial charge on any atom is 0.309 e. The topological polar surface area (TPSA) is 57.0 Å². The monoisotopic (exact) mass is 307 g/mol. The SMILES string of the molecule is COC(=O)[C@H]1C[C@@H]1c1ccc(-c2cnc3nn(C)cc3c2)cc1. The normalized spacial score (nSPS) is 19.7. The Labute approximate surface area is 133 Å². The second-order valence-electron chi connectivity index (χ2n) is 6.03. The Morgan fingerprint density at radius 1 is 1.26 bits per heavy atom. The van der Waals surface area contributed by atoms with E-state index in [1.807, 2.05) is 19.4 Å². The van der Waals surface area contributed by atoms with Crippen molar-refractivity contribution in [2.75, 3.05) is 7.11 Å². The van der Waals surface area contributed by atoms with Crippen LogP contribution in [0.25, 0.3) is 22.2 Å². The molecule has 0 amide bonds. The summed E-state index contributed by atoms with van der Waals surface area (Å²) in [6.45, 7) is 0. The van der Waals surface area contributed by atoms with Crippen molar-refractivity contribution in [3.05, 3.63) is 48.3 Å². The fraction of sp³-hybridized carbons (Fsp3) is 0.278. The van der Waals surface area contributed by atoms with E-state index in [1.54, 1.807) is 4.68 Å². The second kappa shape index (κ2) is 5.19. The van der Waals surface area contributed by atoms with E-state index in [1.165, 1.54) is 12.7 Å². The van der Waals surface area contributed by atoms with Crippen LogP contribution >= 0.6 is 0 Å². The maximum absolute atomic E-state index is 11.5. The van der Waals surface area contributed by atoms with Crippen molar-refractivity contribution in [2.45, 2.75) is 12.3 Å². The molecule has 4 rings (SSSR count). The van der Waals surface area contributed by atoms with Gasteiger partial charge in [0.2, 0.25) is 0 Å². The van der Waals surface area contributed by atoms with Gasteiger partial charge in [0.05, 0.1) is 13.0 Å². The minimum Gasteiger partial charge on any atom is -0.469 e. The van der Waals surface area contributed by atoms with E-state index in [0.29, 0.717) is 5.92 Å². The third-order valence-corrected chi connectivity index (χ3v) is 4.44. The second-order valence-corrected chi connectivity index (χ2v) is 6.03. The highest BCUT2D eigenvalue weighted by Crippen LogP contribution is 2.48. The lowest BCUT2D eigenvalue weighted by Crippen LogP contribution is -2.03. The van der Waals surface area contributed by atoms with E-state index in [4.69, 9.17) is 4.74 Å². The highest BCUT2D eigenvalue weighted by Gasteiger charge is 2.44. The highest BCUT2D eigenvalue weighted by molar-refractivity contribution is 5.80. The number of nitrogens with zero attached hydrogens (tertiary/aromatic N) is 3. The summed E-state index contributed by atoms with van der Waals surface area (Å²) < 4.78 is 6.58. The van der Waals surface area contributed by atoms with Gasteiger partial charge in [-0.1, -0.05) is 24.3 Å². The first-order valence-corrected chi connectivity index (χ1v) is 7.63. The molecule has 1 aliphatic rings. The number of rotatable bonds is 3. The largest absolute Gasteiger partial charge is 0.469 e. The zero-order valence-electron chi connectivity index (χ0n) is 13.1. The summed E-state index contributed by atoms with van der Waals surface area (Å²) in [7, 11) is 3.34. The minimum absolute atomic E-state index is 0.0271. The van der Waals surface area contributed by atoms with Gasteiger partial charge in [0.15, 0.2) is 5.65 Å². The summed E-state index contributed by atoms with van der Waals surface area (Å²) in [5.74, 6) is 0.222. The van der Waals surface area contributed by atoms with Gasteiger partial charge in [0, 0.05) is 30.4 Å². The Hall–Kier alpha value is -2.69. The number of methoxy groups -OCH3 is 1. The van der Waals surface area contributed by atoms with Crippen LogP contribution in [0, 0.1) is 5.92 Å². The summed E-state index contributed by atoms with van der Waals surface area (Å²) in [5.41, 5.74) is 4.13. The number of ether oxygens (including phenoxy) is 1. The summed E-state index contributed by atoms with van der Waals surface area (Å²) in [6.07, 6.45) is 4.69. The van der Waals surface area contributed by atoms with Crippen molar-refractivity contribution >= 4 is 17.0 Å². The van der Waals surface area contributed by atoms with E-state index in [2.05, 4.69) is 40.4 Å². The molecule has 0 unspecified atom stereocenters. The number of aromatic nitrogens is 3. The van der Waals surface area contributed by atoms with Gasteiger partial charge in [0.25, 0.3) is 0 Å². The zero-order valence-corrected chi connectivity index (χ0v) is 13.1. The Morgan fingerprint density at radius 2 is 2.04 bits per heavy atom. The molecule has 0 aliphatic heterocycles. The van der Waals surface area contributed by atoms with Crippen molar-refractivity contribution in [1.29, 1.82) is 0 Å². The van der Waals surface area contributed by atoms with Crippen LogP contribution in [-0.2, 0) is 16.6 Å². The van der Waals surface area contributed by atoms with Crippen molar-refractivity contribution in [2.24, 2.45) is 13.0 Å². The molecule has 1 aromatic carbocycles. The van der Waals surface area contributed by atoms with Crippen LogP contribution in [0.5, 0.6) is 0 Å². The number of hydrogen-bond donors (Lipinski definition) is 0. The third kappa shape index (κ3) is 2.48. The van der Waals surface area contributed by atoms with Crippen LogP contribution in [0.2, 0.25) is 0 Å². The number of hydrogen-bond acceptors (Lipinski definition) is 4. The average molecular weight is 307 g/mol. The molecule has 0 saturated heterocycles. The Bertz CT molecular complexity index is 883. The van der Waals surface area contributed by atoms with Gasteiger partial charge in [0.1, 0.15) is 0 Å². The Morgan fingerprint density at radius 3 is 2.78 bits per heavy atom. The summed E-state index contributed by atoms with van der Waals surface area (Å²) in [6, 6.07) is 10.5. The van der Waals surface area contributed by atoms with Gasteiger partial charge in [-0.25, -0.2) is 4.98 Å². The molecule has 1 saturated carbocycles. The summed E-state index contributed by atoms with van der Waals surface area (Å²) in [5, 5.41) is 5.32. The van der Waals surface area contributed by atoms with E-state index < -0.39 is 0 Å². The highest BCUT2D eigenvalue weighted by atomic mass is 16.5. The van der Waals surface area contributed by atoms with Gasteiger partial charge < -0.3 is 4.74 Å². The minimum atomic E-state index is -0.106. The smallest absolute Gasteiger partial charge is 0.309 e. The van der Waals surface area contributed by atoms with Crippen molar-refractivity contribution in [3.8, 4) is 11.1 Å². The third-order valence-electron chi connectivity index (χ3n) is 4.44. The van der Waals surface area contributed by atoms with Crippen LogP contribution in [0.15, 0.2) is 42.7 Å². The molecule has 23 heavy (non-hydrogen) atoms. The lowest BCUT2D eigenvalue weighted by Gasteiger charge is -2.04. The maximum atomic E-state index is 11.5. The van der Waals surface area contributed by atoms with Gasteiger partial charge in [-0.2, -0.15) is 5.10 Å². The van der Waals surface area contributed by atoms with E-state index in [9.17, 15) is 4.79 Å². The molecule has 3 aromatic rings. The molecule has 0 radical (unpaired) electrons. The first-order chi connectivity index (χ1) is 11.2. The predicted octanol–water partition coefficient (Wildman–Crippen LogP) is 2.91. The van der Waals surface area contributed by atoms with Gasteiger partial charge in [-0.15, -0.1) is 0 Å². The molecular weight excluding hydrogens is 290 g/mol. The average Bonchev–Trinajstić information content (AvgIpc) is 3.28. The summed E-state index contributed by atoms with van der Waals surface area (Å²) in [4.78, 5) is 15.9. The molecule has 5 nitrogen and oxygen atoms in total. The van der Waals surface area contributed by atoms with Crippen LogP contribution < -0.4 is 0 Å². The molecule has 0 bridgehead atoms. The Balaban J connectivity index is 1.59.